The molecule has 0 saturated carbocycles. The van der Waals surface area contributed by atoms with E-state index < -0.39 is 35.2 Å². The van der Waals surface area contributed by atoms with Crippen LogP contribution in [0.15, 0.2) is 60.7 Å². The van der Waals surface area contributed by atoms with E-state index in [1.165, 1.54) is 36.4 Å². The minimum atomic E-state index is -1.12. The van der Waals surface area contributed by atoms with Crippen molar-refractivity contribution in [3.05, 3.63) is 94.8 Å². The summed E-state index contributed by atoms with van der Waals surface area (Å²) in [6, 6.07) is 11.7. The molecule has 0 bridgehead atoms. The van der Waals surface area contributed by atoms with Crippen LogP contribution in [-0.2, 0) is 0 Å². The number of fused-ring (bicyclic) bond motifs is 1. The number of nitrogens with one attached hydrogen (secondary N) is 1. The molecular weight excluding hydrogens is 385 g/mol. The first-order valence-electron chi connectivity index (χ1n) is 8.40. The maximum Gasteiger partial charge on any atom is 0.266 e. The molecule has 144 valence electrons. The van der Waals surface area contributed by atoms with E-state index in [-0.39, 0.29) is 28.1 Å². The molecule has 3 aromatic rings. The molecule has 8 heteroatoms. The van der Waals surface area contributed by atoms with Crippen LogP contribution in [0, 0.1) is 17.5 Å². The number of anilines is 2. The van der Waals surface area contributed by atoms with E-state index in [9.17, 15) is 27.6 Å². The highest BCUT2D eigenvalue weighted by molar-refractivity contribution is 6.34. The second kappa shape index (κ2) is 6.90. The van der Waals surface area contributed by atoms with Crippen molar-refractivity contribution in [3.8, 4) is 0 Å². The Labute approximate surface area is 162 Å². The lowest BCUT2D eigenvalue weighted by molar-refractivity contribution is 0.0925. The molecule has 4 rings (SSSR count). The van der Waals surface area contributed by atoms with Crippen molar-refractivity contribution in [1.29, 1.82) is 0 Å². The lowest BCUT2D eigenvalue weighted by Crippen LogP contribution is -2.29. The molecule has 1 aliphatic heterocycles. The molecule has 0 atom stereocenters. The average Bonchev–Trinajstić information content (AvgIpc) is 2.95. The quantitative estimate of drug-likeness (QED) is 0.677. The number of hydrogen-bond acceptors (Lipinski definition) is 3. The lowest BCUT2D eigenvalue weighted by atomic mass is 10.1. The van der Waals surface area contributed by atoms with Crippen LogP contribution in [0.25, 0.3) is 0 Å². The molecule has 3 amide bonds. The summed E-state index contributed by atoms with van der Waals surface area (Å²) in [5.74, 6) is -4.60. The molecule has 0 spiro atoms. The summed E-state index contributed by atoms with van der Waals surface area (Å²) < 4.78 is 39.4. The summed E-state index contributed by atoms with van der Waals surface area (Å²) in [5.41, 5.74) is 0.395. The predicted octanol–water partition coefficient (Wildman–Crippen LogP) is 4.16. The molecule has 0 radical (unpaired) electrons. The van der Waals surface area contributed by atoms with Crippen molar-refractivity contribution >= 4 is 29.1 Å². The number of carbonyl (C=O) groups is 3. The first-order chi connectivity index (χ1) is 13.8. The van der Waals surface area contributed by atoms with E-state index in [2.05, 4.69) is 5.32 Å². The lowest BCUT2D eigenvalue weighted by Gasteiger charge is -2.13. The van der Waals surface area contributed by atoms with Crippen LogP contribution >= 0.6 is 0 Å². The fourth-order valence-corrected chi connectivity index (χ4v) is 2.98. The van der Waals surface area contributed by atoms with Gasteiger partial charge in [0.1, 0.15) is 5.82 Å². The number of nitrogens with zero attached hydrogens (tertiary/aromatic N) is 1. The van der Waals surface area contributed by atoms with Gasteiger partial charge >= 0.3 is 0 Å². The normalized spacial score (nSPS) is 12.9. The molecular formula is C21H11F3N2O3. The van der Waals surface area contributed by atoms with Crippen LogP contribution in [0.5, 0.6) is 0 Å². The fourth-order valence-electron chi connectivity index (χ4n) is 2.98. The first-order valence-corrected chi connectivity index (χ1v) is 8.40. The zero-order chi connectivity index (χ0) is 20.7. The number of benzene rings is 3. The van der Waals surface area contributed by atoms with Crippen molar-refractivity contribution in [3.63, 3.8) is 0 Å². The SMILES string of the molecule is O=C(Nc1ccc(F)c(F)c1)c1ccc2c(c1)C(=O)N(c1ccc(F)cc1)C2=O. The van der Waals surface area contributed by atoms with E-state index in [4.69, 9.17) is 0 Å². The van der Waals surface area contributed by atoms with Gasteiger partial charge in [-0.2, -0.15) is 0 Å². The minimum absolute atomic E-state index is 0.0114. The summed E-state index contributed by atoms with van der Waals surface area (Å²) >= 11 is 0. The molecule has 0 saturated heterocycles. The van der Waals surface area contributed by atoms with Gasteiger partial charge in [0, 0.05) is 17.3 Å². The van der Waals surface area contributed by atoms with Gasteiger partial charge in [-0.1, -0.05) is 0 Å². The summed E-state index contributed by atoms with van der Waals surface area (Å²) in [6.45, 7) is 0. The Morgan fingerprint density at radius 1 is 0.759 bits per heavy atom. The molecule has 1 aliphatic rings. The van der Waals surface area contributed by atoms with Crippen molar-refractivity contribution < 1.29 is 27.6 Å². The van der Waals surface area contributed by atoms with Gasteiger partial charge in [0.25, 0.3) is 17.7 Å². The van der Waals surface area contributed by atoms with Crippen LogP contribution in [0.1, 0.15) is 31.1 Å². The Bertz CT molecular complexity index is 1180. The van der Waals surface area contributed by atoms with E-state index >= 15 is 0 Å². The standard InChI is InChI=1S/C21H11F3N2O3/c22-12-2-5-14(6-3-12)26-20(28)15-7-1-11(9-16(15)21(26)29)19(27)25-13-4-8-17(23)18(24)10-13/h1-10H,(H,25,27). The highest BCUT2D eigenvalue weighted by atomic mass is 19.2. The predicted molar refractivity (Wildman–Crippen MR) is 98.3 cm³/mol. The fraction of sp³-hybridized carbons (Fsp3) is 0. The van der Waals surface area contributed by atoms with Crippen molar-refractivity contribution in [1.82, 2.24) is 0 Å². The second-order valence-electron chi connectivity index (χ2n) is 6.27. The number of carbonyl (C=O) groups excluding carboxylic acids is 3. The van der Waals surface area contributed by atoms with Crippen LogP contribution in [0.3, 0.4) is 0 Å². The zero-order valence-electron chi connectivity index (χ0n) is 14.6. The maximum absolute atomic E-state index is 13.3. The van der Waals surface area contributed by atoms with Gasteiger partial charge in [0.2, 0.25) is 0 Å². The van der Waals surface area contributed by atoms with Crippen LogP contribution in [0.4, 0.5) is 24.5 Å². The van der Waals surface area contributed by atoms with Crippen LogP contribution in [0.2, 0.25) is 0 Å². The van der Waals surface area contributed by atoms with Gasteiger partial charge in [-0.25, -0.2) is 18.1 Å². The van der Waals surface area contributed by atoms with Gasteiger partial charge in [-0.15, -0.1) is 0 Å². The monoisotopic (exact) mass is 396 g/mol. The molecule has 1 heterocycles. The van der Waals surface area contributed by atoms with E-state index in [0.29, 0.717) is 0 Å². The van der Waals surface area contributed by atoms with Crippen LogP contribution in [-0.4, -0.2) is 17.7 Å². The summed E-state index contributed by atoms with van der Waals surface area (Å²) in [4.78, 5) is 38.6. The summed E-state index contributed by atoms with van der Waals surface area (Å²) in [7, 11) is 0. The van der Waals surface area contributed by atoms with Crippen molar-refractivity contribution in [2.75, 3.05) is 10.2 Å². The number of imide groups is 1. The number of rotatable bonds is 3. The third kappa shape index (κ3) is 3.25. The Morgan fingerprint density at radius 2 is 1.45 bits per heavy atom. The molecule has 1 N–H and O–H groups in total. The zero-order valence-corrected chi connectivity index (χ0v) is 14.6. The first kappa shape index (κ1) is 18.4. The second-order valence-corrected chi connectivity index (χ2v) is 6.27. The van der Waals surface area contributed by atoms with E-state index in [1.54, 1.807) is 0 Å². The highest BCUT2D eigenvalue weighted by Gasteiger charge is 2.37. The largest absolute Gasteiger partial charge is 0.322 e. The third-order valence-corrected chi connectivity index (χ3v) is 4.41. The van der Waals surface area contributed by atoms with Gasteiger partial charge in [0.05, 0.1) is 16.8 Å². The topological polar surface area (TPSA) is 66.5 Å². The van der Waals surface area contributed by atoms with Crippen molar-refractivity contribution in [2.24, 2.45) is 0 Å². The summed E-state index contributed by atoms with van der Waals surface area (Å²) in [5, 5.41) is 2.40. The smallest absolute Gasteiger partial charge is 0.266 e. The Kier molecular flexibility index (Phi) is 4.38. The van der Waals surface area contributed by atoms with Gasteiger partial charge in [-0.3, -0.25) is 14.4 Å². The molecule has 3 aromatic carbocycles. The molecule has 0 unspecified atom stereocenters. The van der Waals surface area contributed by atoms with E-state index in [0.717, 1.165) is 29.2 Å². The Balaban J connectivity index is 1.62. The molecule has 0 fully saturated rings. The summed E-state index contributed by atoms with van der Waals surface area (Å²) in [6.07, 6.45) is 0. The van der Waals surface area contributed by atoms with Crippen LogP contribution < -0.4 is 10.2 Å². The number of amides is 3. The highest BCUT2D eigenvalue weighted by Crippen LogP contribution is 2.29. The van der Waals surface area contributed by atoms with Gasteiger partial charge in [0.15, 0.2) is 11.6 Å². The Morgan fingerprint density at radius 3 is 2.14 bits per heavy atom. The molecule has 29 heavy (non-hydrogen) atoms. The minimum Gasteiger partial charge on any atom is -0.322 e. The average molecular weight is 396 g/mol. The Hall–Kier alpha value is -3.94. The third-order valence-electron chi connectivity index (χ3n) is 4.41. The molecule has 0 aromatic heterocycles. The van der Waals surface area contributed by atoms with Gasteiger partial charge < -0.3 is 5.32 Å². The maximum atomic E-state index is 13.3. The molecule has 5 nitrogen and oxygen atoms in total. The van der Waals surface area contributed by atoms with Gasteiger partial charge in [-0.05, 0) is 54.6 Å². The van der Waals surface area contributed by atoms with Crippen molar-refractivity contribution in [2.45, 2.75) is 0 Å². The number of hydrogen-bond donors (Lipinski definition) is 1. The number of halogens is 3. The molecule has 0 aliphatic carbocycles. The van der Waals surface area contributed by atoms with E-state index in [1.807, 2.05) is 0 Å².